The summed E-state index contributed by atoms with van der Waals surface area (Å²) < 4.78 is 22.5. The summed E-state index contributed by atoms with van der Waals surface area (Å²) in [6.45, 7) is 0.539. The highest BCUT2D eigenvalue weighted by atomic mass is 32.2. The van der Waals surface area contributed by atoms with Gasteiger partial charge in [-0.15, -0.1) is 0 Å². The van der Waals surface area contributed by atoms with Crippen LogP contribution in [0.1, 0.15) is 12.8 Å². The van der Waals surface area contributed by atoms with Gasteiger partial charge in [0, 0.05) is 13.1 Å². The van der Waals surface area contributed by atoms with Crippen molar-refractivity contribution in [2.75, 3.05) is 24.6 Å². The highest BCUT2D eigenvalue weighted by Gasteiger charge is 2.54. The van der Waals surface area contributed by atoms with Crippen LogP contribution in [0.4, 0.5) is 0 Å². The summed E-state index contributed by atoms with van der Waals surface area (Å²) in [4.78, 5) is 13.9. The molecule has 1 saturated heterocycles. The zero-order valence-corrected chi connectivity index (χ0v) is 10.4. The smallest absolute Gasteiger partial charge is 0.235 e. The van der Waals surface area contributed by atoms with Crippen LogP contribution in [-0.4, -0.2) is 48.8 Å². The second-order valence-electron chi connectivity index (χ2n) is 4.39. The molecule has 16 heavy (non-hydrogen) atoms. The summed E-state index contributed by atoms with van der Waals surface area (Å²) in [6, 6.07) is 0. The molecule has 0 radical (unpaired) electrons. The van der Waals surface area contributed by atoms with Crippen LogP contribution >= 0.6 is 12.2 Å². The zero-order valence-electron chi connectivity index (χ0n) is 8.81. The summed E-state index contributed by atoms with van der Waals surface area (Å²) in [5, 5.41) is 0. The van der Waals surface area contributed by atoms with Gasteiger partial charge in [-0.3, -0.25) is 4.79 Å². The normalized spacial score (nSPS) is 26.1. The molecule has 1 heterocycles. The molecule has 0 spiro atoms. The number of amides is 1. The van der Waals surface area contributed by atoms with E-state index in [0.717, 1.165) is 0 Å². The molecule has 1 amide bonds. The van der Waals surface area contributed by atoms with Crippen LogP contribution in [0.2, 0.25) is 0 Å². The average Bonchev–Trinajstić information content (AvgIpc) is 2.97. The minimum absolute atomic E-state index is 0.0478. The van der Waals surface area contributed by atoms with Crippen LogP contribution in [0, 0.1) is 5.41 Å². The van der Waals surface area contributed by atoms with Crippen LogP contribution in [0.3, 0.4) is 0 Å². The predicted molar refractivity (Wildman–Crippen MR) is 63.7 cm³/mol. The van der Waals surface area contributed by atoms with Crippen molar-refractivity contribution >= 4 is 33.0 Å². The van der Waals surface area contributed by atoms with E-state index in [1.165, 1.54) is 0 Å². The lowest BCUT2D eigenvalue weighted by Crippen LogP contribution is -2.49. The molecule has 2 aliphatic rings. The Hall–Kier alpha value is -0.690. The topological polar surface area (TPSA) is 80.5 Å². The van der Waals surface area contributed by atoms with Crippen molar-refractivity contribution in [3.05, 3.63) is 0 Å². The van der Waals surface area contributed by atoms with E-state index in [1.807, 2.05) is 0 Å². The molecule has 7 heteroatoms. The van der Waals surface area contributed by atoms with Gasteiger partial charge in [-0.25, -0.2) is 8.42 Å². The van der Waals surface area contributed by atoms with E-state index in [9.17, 15) is 13.2 Å². The van der Waals surface area contributed by atoms with E-state index in [1.54, 1.807) is 4.90 Å². The molecule has 90 valence electrons. The molecule has 0 atom stereocenters. The molecule has 0 aromatic carbocycles. The first-order valence-electron chi connectivity index (χ1n) is 5.17. The van der Waals surface area contributed by atoms with Gasteiger partial charge in [-0.2, -0.15) is 0 Å². The number of nitrogens with two attached hydrogens (primary N) is 1. The van der Waals surface area contributed by atoms with E-state index in [2.05, 4.69) is 0 Å². The summed E-state index contributed by atoms with van der Waals surface area (Å²) in [5.74, 6) is 0.00749. The lowest BCUT2D eigenvalue weighted by Gasteiger charge is -2.30. The molecule has 2 rings (SSSR count). The molecule has 2 N–H and O–H groups in total. The molecule has 1 saturated carbocycles. The van der Waals surface area contributed by atoms with Crippen molar-refractivity contribution < 1.29 is 13.2 Å². The second-order valence-corrected chi connectivity index (χ2v) is 7.13. The van der Waals surface area contributed by atoms with Crippen molar-refractivity contribution in [1.82, 2.24) is 4.90 Å². The van der Waals surface area contributed by atoms with Gasteiger partial charge in [0.05, 0.1) is 21.9 Å². The van der Waals surface area contributed by atoms with Crippen LogP contribution < -0.4 is 5.73 Å². The Bertz CT molecular complexity index is 426. The zero-order chi connectivity index (χ0) is 12.0. The molecule has 0 aromatic rings. The molecule has 1 aliphatic heterocycles. The molecular weight excluding hydrogens is 248 g/mol. The third-order valence-electron chi connectivity index (χ3n) is 3.26. The SMILES string of the molecule is NC(=S)C1(C(=O)N2CCS(=O)(=O)CC2)CC1. The van der Waals surface area contributed by atoms with E-state index >= 15 is 0 Å². The van der Waals surface area contributed by atoms with Crippen molar-refractivity contribution in [3.8, 4) is 0 Å². The predicted octanol–water partition coefficient (Wildman–Crippen LogP) is -0.690. The van der Waals surface area contributed by atoms with Gasteiger partial charge in [-0.1, -0.05) is 12.2 Å². The van der Waals surface area contributed by atoms with E-state index in [-0.39, 0.29) is 35.5 Å². The monoisotopic (exact) mass is 262 g/mol. The maximum absolute atomic E-state index is 12.1. The first-order chi connectivity index (χ1) is 7.37. The summed E-state index contributed by atoms with van der Waals surface area (Å²) in [6.07, 6.45) is 1.40. The highest BCUT2D eigenvalue weighted by Crippen LogP contribution is 2.47. The van der Waals surface area contributed by atoms with Gasteiger partial charge in [0.2, 0.25) is 5.91 Å². The third kappa shape index (κ3) is 1.93. The fraction of sp³-hybridized carbons (Fsp3) is 0.778. The first kappa shape index (κ1) is 11.8. The fourth-order valence-electron chi connectivity index (χ4n) is 1.91. The van der Waals surface area contributed by atoms with Crippen molar-refractivity contribution in [2.24, 2.45) is 11.1 Å². The average molecular weight is 262 g/mol. The number of hydrogen-bond acceptors (Lipinski definition) is 4. The quantitative estimate of drug-likeness (QED) is 0.666. The Kier molecular flexibility index (Phi) is 2.70. The fourth-order valence-corrected chi connectivity index (χ4v) is 3.40. The molecule has 0 bridgehead atoms. The largest absolute Gasteiger partial charge is 0.392 e. The molecule has 5 nitrogen and oxygen atoms in total. The number of nitrogens with zero attached hydrogens (tertiary/aromatic N) is 1. The van der Waals surface area contributed by atoms with Gasteiger partial charge < -0.3 is 10.6 Å². The molecule has 1 aliphatic carbocycles. The molecule has 0 unspecified atom stereocenters. The van der Waals surface area contributed by atoms with Crippen molar-refractivity contribution in [3.63, 3.8) is 0 Å². The lowest BCUT2D eigenvalue weighted by molar-refractivity contribution is -0.134. The molecular formula is C9H14N2O3S2. The van der Waals surface area contributed by atoms with Crippen LogP contribution in [0.5, 0.6) is 0 Å². The van der Waals surface area contributed by atoms with E-state index in [0.29, 0.717) is 12.8 Å². The summed E-state index contributed by atoms with van der Waals surface area (Å²) >= 11 is 4.90. The maximum Gasteiger partial charge on any atom is 0.235 e. The Morgan fingerprint density at radius 3 is 2.12 bits per heavy atom. The van der Waals surface area contributed by atoms with Crippen LogP contribution in [-0.2, 0) is 14.6 Å². The maximum atomic E-state index is 12.1. The Balaban J connectivity index is 2.05. The summed E-state index contributed by atoms with van der Waals surface area (Å²) in [5.41, 5.74) is 4.90. The van der Waals surface area contributed by atoms with Gasteiger partial charge in [0.25, 0.3) is 0 Å². The van der Waals surface area contributed by atoms with Crippen LogP contribution in [0.15, 0.2) is 0 Å². The van der Waals surface area contributed by atoms with Gasteiger partial charge >= 0.3 is 0 Å². The van der Waals surface area contributed by atoms with E-state index < -0.39 is 15.3 Å². The second kappa shape index (κ2) is 3.66. The highest BCUT2D eigenvalue weighted by molar-refractivity contribution is 7.91. The van der Waals surface area contributed by atoms with E-state index in [4.69, 9.17) is 18.0 Å². The third-order valence-corrected chi connectivity index (χ3v) is 5.26. The Morgan fingerprint density at radius 1 is 1.25 bits per heavy atom. The first-order valence-corrected chi connectivity index (χ1v) is 7.40. The van der Waals surface area contributed by atoms with Crippen molar-refractivity contribution in [1.29, 1.82) is 0 Å². The number of hydrogen-bond donors (Lipinski definition) is 1. The minimum Gasteiger partial charge on any atom is -0.392 e. The van der Waals surface area contributed by atoms with Gasteiger partial charge in [0.15, 0.2) is 9.84 Å². The molecule has 0 aromatic heterocycles. The number of thiocarbonyl (C=S) groups is 1. The Morgan fingerprint density at radius 2 is 1.75 bits per heavy atom. The lowest BCUT2D eigenvalue weighted by atomic mass is 10.1. The van der Waals surface area contributed by atoms with Gasteiger partial charge in [0.1, 0.15) is 0 Å². The van der Waals surface area contributed by atoms with Crippen molar-refractivity contribution in [2.45, 2.75) is 12.8 Å². The standard InChI is InChI=1S/C9H14N2O3S2/c10-7(15)9(1-2-9)8(12)11-3-5-16(13,14)6-4-11/h1-6H2,(H2,10,15). The number of carbonyl (C=O) groups is 1. The number of sulfone groups is 1. The number of carbonyl (C=O) groups excluding carboxylic acids is 1. The molecule has 2 fully saturated rings. The minimum atomic E-state index is -2.95. The van der Waals surface area contributed by atoms with Gasteiger partial charge in [-0.05, 0) is 12.8 Å². The number of rotatable bonds is 2. The Labute approximate surface area is 99.9 Å². The van der Waals surface area contributed by atoms with Crippen LogP contribution in [0.25, 0.3) is 0 Å². The summed E-state index contributed by atoms with van der Waals surface area (Å²) in [7, 11) is -2.95.